The number of aliphatic hydroxyl groups is 6. The first-order valence-corrected chi connectivity index (χ1v) is 14.7. The first-order valence-electron chi connectivity index (χ1n) is 14.7. The first-order chi connectivity index (χ1) is 18.4. The standard InChI is InChI=1S/C29H44O10/c1-15-22(32)23(33)24(34)25(38-15)39-17-3-8-27(14-30)19-4-7-26(2)18(16-11-21(31)37-13-16)6-10-29(26,36)20(19)5-9-28(27,35)12-17/h11,15,17-20,22-25,30,32-36H,3-10,12-14H2,1-2H3/t15-,17-,18+,19-,20+,22-,23+,24+,25-,26+,27-,28-,29-/m0/s1. The second kappa shape index (κ2) is 9.46. The summed E-state index contributed by atoms with van der Waals surface area (Å²) in [5.41, 5.74) is -2.40. The number of carbonyl (C=O) groups excluding carboxylic acids is 1. The van der Waals surface area contributed by atoms with E-state index in [0.29, 0.717) is 38.7 Å². The molecule has 0 spiro atoms. The van der Waals surface area contributed by atoms with Crippen molar-refractivity contribution < 1.29 is 49.6 Å². The highest BCUT2D eigenvalue weighted by atomic mass is 16.7. The summed E-state index contributed by atoms with van der Waals surface area (Å²) in [4.78, 5) is 11.8. The van der Waals surface area contributed by atoms with Crippen molar-refractivity contribution in [2.45, 2.75) is 120 Å². The quantitative estimate of drug-likeness (QED) is 0.214. The van der Waals surface area contributed by atoms with Gasteiger partial charge in [-0.1, -0.05) is 6.92 Å². The number of cyclic esters (lactones) is 1. The maximum Gasteiger partial charge on any atom is 0.331 e. The zero-order valence-corrected chi connectivity index (χ0v) is 22.9. The molecule has 2 aliphatic heterocycles. The molecule has 4 aliphatic carbocycles. The largest absolute Gasteiger partial charge is 0.458 e. The van der Waals surface area contributed by atoms with Crippen LogP contribution in [0.2, 0.25) is 0 Å². The summed E-state index contributed by atoms with van der Waals surface area (Å²) in [5.74, 6) is -0.387. The molecule has 0 aromatic carbocycles. The van der Waals surface area contributed by atoms with Crippen molar-refractivity contribution in [3.63, 3.8) is 0 Å². The van der Waals surface area contributed by atoms with Crippen LogP contribution in [0, 0.1) is 28.6 Å². The van der Waals surface area contributed by atoms with Gasteiger partial charge in [0.05, 0.1) is 30.0 Å². The highest BCUT2D eigenvalue weighted by molar-refractivity contribution is 5.85. The number of carbonyl (C=O) groups is 1. The third-order valence-electron chi connectivity index (χ3n) is 12.2. The summed E-state index contributed by atoms with van der Waals surface area (Å²) in [6, 6.07) is 0. The van der Waals surface area contributed by atoms with Gasteiger partial charge in [-0.25, -0.2) is 4.79 Å². The van der Waals surface area contributed by atoms with Gasteiger partial charge in [0.1, 0.15) is 24.9 Å². The van der Waals surface area contributed by atoms with Crippen LogP contribution in [0.15, 0.2) is 11.6 Å². The third-order valence-corrected chi connectivity index (χ3v) is 12.2. The summed E-state index contributed by atoms with van der Waals surface area (Å²) in [7, 11) is 0. The van der Waals surface area contributed by atoms with Gasteiger partial charge in [0, 0.05) is 23.3 Å². The molecule has 0 radical (unpaired) electrons. The van der Waals surface area contributed by atoms with E-state index < -0.39 is 58.8 Å². The number of hydrogen-bond donors (Lipinski definition) is 6. The third kappa shape index (κ3) is 3.86. The highest BCUT2D eigenvalue weighted by Gasteiger charge is 2.71. The average Bonchev–Trinajstić information content (AvgIpc) is 3.45. The maximum atomic E-state index is 12.4. The van der Waals surface area contributed by atoms with Crippen molar-refractivity contribution in [3.05, 3.63) is 11.6 Å². The van der Waals surface area contributed by atoms with Crippen LogP contribution in [0.5, 0.6) is 0 Å². The van der Waals surface area contributed by atoms with Crippen LogP contribution in [0.1, 0.15) is 71.6 Å². The Balaban J connectivity index is 1.22. The Kier molecular flexibility index (Phi) is 6.80. The second-order valence-electron chi connectivity index (χ2n) is 13.6. The first kappa shape index (κ1) is 28.0. The average molecular weight is 553 g/mol. The topological polar surface area (TPSA) is 166 Å². The minimum Gasteiger partial charge on any atom is -0.458 e. The van der Waals surface area contributed by atoms with E-state index in [2.05, 4.69) is 6.92 Å². The smallest absolute Gasteiger partial charge is 0.331 e. The number of rotatable bonds is 4. The van der Waals surface area contributed by atoms with E-state index >= 15 is 0 Å². The molecular formula is C29H44O10. The molecule has 6 N–H and O–H groups in total. The molecule has 0 aromatic heterocycles. The van der Waals surface area contributed by atoms with Crippen LogP contribution in [0.3, 0.4) is 0 Å². The molecule has 5 fully saturated rings. The molecule has 0 bridgehead atoms. The van der Waals surface area contributed by atoms with Crippen LogP contribution in [0.4, 0.5) is 0 Å². The van der Waals surface area contributed by atoms with Crippen molar-refractivity contribution in [2.75, 3.05) is 13.2 Å². The summed E-state index contributed by atoms with van der Waals surface area (Å²) in [5, 5.41) is 66.1. The molecule has 4 saturated carbocycles. The van der Waals surface area contributed by atoms with Gasteiger partial charge in [0.2, 0.25) is 0 Å². The normalized spacial score (nSPS) is 55.3. The van der Waals surface area contributed by atoms with Gasteiger partial charge in [-0.05, 0) is 81.6 Å². The van der Waals surface area contributed by atoms with Crippen molar-refractivity contribution in [1.82, 2.24) is 0 Å². The van der Waals surface area contributed by atoms with Gasteiger partial charge >= 0.3 is 5.97 Å². The lowest BCUT2D eigenvalue weighted by Gasteiger charge is -2.66. The number of hydrogen-bond acceptors (Lipinski definition) is 10. The van der Waals surface area contributed by atoms with Crippen LogP contribution in [0.25, 0.3) is 0 Å². The predicted molar refractivity (Wildman–Crippen MR) is 136 cm³/mol. The van der Waals surface area contributed by atoms with Crippen molar-refractivity contribution in [2.24, 2.45) is 28.6 Å². The van der Waals surface area contributed by atoms with Crippen molar-refractivity contribution in [3.8, 4) is 0 Å². The fraction of sp³-hybridized carbons (Fsp3) is 0.897. The van der Waals surface area contributed by atoms with Gasteiger partial charge in [-0.2, -0.15) is 0 Å². The molecule has 6 aliphatic rings. The lowest BCUT2D eigenvalue weighted by Crippen LogP contribution is -2.69. The van der Waals surface area contributed by atoms with Gasteiger partial charge < -0.3 is 44.8 Å². The lowest BCUT2D eigenvalue weighted by molar-refractivity contribution is -0.322. The molecule has 6 rings (SSSR count). The Bertz CT molecular complexity index is 1020. The van der Waals surface area contributed by atoms with Gasteiger partial charge in [0.15, 0.2) is 6.29 Å². The monoisotopic (exact) mass is 552 g/mol. The Morgan fingerprint density at radius 2 is 1.72 bits per heavy atom. The predicted octanol–water partition coefficient (Wildman–Crippen LogP) is 0.543. The Labute approximate surface area is 229 Å². The zero-order chi connectivity index (χ0) is 28.0. The maximum absolute atomic E-state index is 12.4. The minimum atomic E-state index is -1.41. The SMILES string of the molecule is C[C@@H]1O[C@@H](O[C@H]2CC[C@]3(CO)[C@H]4CC[C@]5(C)[C@@H](C6=CC(=O)OC6)CC[C@]5(O)[C@@H]4CC[C@]3(O)C2)[C@H](O)[C@H](O)[C@H]1O. The summed E-state index contributed by atoms with van der Waals surface area (Å²) in [6.07, 6.45) is 0.474. The molecule has 0 unspecified atom stereocenters. The molecule has 13 atom stereocenters. The molecule has 0 amide bonds. The van der Waals surface area contributed by atoms with E-state index in [1.807, 2.05) is 0 Å². The summed E-state index contributed by atoms with van der Waals surface area (Å²) < 4.78 is 16.9. The fourth-order valence-corrected chi connectivity index (χ4v) is 9.93. The molecule has 39 heavy (non-hydrogen) atoms. The van der Waals surface area contributed by atoms with E-state index in [1.165, 1.54) is 0 Å². The molecule has 10 heteroatoms. The van der Waals surface area contributed by atoms with Gasteiger partial charge in [-0.15, -0.1) is 0 Å². The van der Waals surface area contributed by atoms with Crippen molar-refractivity contribution >= 4 is 5.97 Å². The van der Waals surface area contributed by atoms with E-state index in [4.69, 9.17) is 14.2 Å². The lowest BCUT2D eigenvalue weighted by atomic mass is 9.41. The van der Waals surface area contributed by atoms with Gasteiger partial charge in [-0.3, -0.25) is 0 Å². The van der Waals surface area contributed by atoms with Crippen LogP contribution >= 0.6 is 0 Å². The number of esters is 1. The fourth-order valence-electron chi connectivity index (χ4n) is 9.93. The molecule has 1 saturated heterocycles. The van der Waals surface area contributed by atoms with Crippen LogP contribution in [-0.4, -0.2) is 97.8 Å². The number of aliphatic hydroxyl groups excluding tert-OH is 4. The molecule has 220 valence electrons. The second-order valence-corrected chi connectivity index (χ2v) is 13.6. The van der Waals surface area contributed by atoms with E-state index in [-0.39, 0.29) is 36.8 Å². The summed E-state index contributed by atoms with van der Waals surface area (Å²) >= 11 is 0. The summed E-state index contributed by atoms with van der Waals surface area (Å²) in [6.45, 7) is 3.85. The Hall–Kier alpha value is -1.11. The number of ether oxygens (including phenoxy) is 3. The number of fused-ring (bicyclic) bond motifs is 5. The van der Waals surface area contributed by atoms with E-state index in [9.17, 15) is 35.4 Å². The minimum absolute atomic E-state index is 0.0667. The molecular weight excluding hydrogens is 508 g/mol. The molecule has 0 aromatic rings. The van der Waals surface area contributed by atoms with Crippen molar-refractivity contribution in [1.29, 1.82) is 0 Å². The zero-order valence-electron chi connectivity index (χ0n) is 22.9. The Morgan fingerprint density at radius 3 is 2.41 bits per heavy atom. The Morgan fingerprint density at radius 1 is 0.974 bits per heavy atom. The molecule has 10 nitrogen and oxygen atoms in total. The van der Waals surface area contributed by atoms with Gasteiger partial charge in [0.25, 0.3) is 0 Å². The van der Waals surface area contributed by atoms with E-state index in [0.717, 1.165) is 24.8 Å². The van der Waals surface area contributed by atoms with E-state index in [1.54, 1.807) is 13.0 Å². The highest BCUT2D eigenvalue weighted by Crippen LogP contribution is 2.70. The molecule has 2 heterocycles. The van der Waals surface area contributed by atoms with Crippen LogP contribution < -0.4 is 0 Å². The van der Waals surface area contributed by atoms with Crippen LogP contribution in [-0.2, 0) is 19.0 Å².